The van der Waals surface area contributed by atoms with Gasteiger partial charge in [-0.05, 0) is 33.6 Å². The lowest BCUT2D eigenvalue weighted by Crippen LogP contribution is -2.44. The highest BCUT2D eigenvalue weighted by Gasteiger charge is 2.27. The Hall–Kier alpha value is -1.98. The van der Waals surface area contributed by atoms with Crippen LogP contribution in [0, 0.1) is 0 Å². The first kappa shape index (κ1) is 16.4. The van der Waals surface area contributed by atoms with E-state index in [4.69, 9.17) is 9.47 Å². The molecule has 1 aliphatic rings. The molecule has 1 aliphatic heterocycles. The first-order valence-corrected chi connectivity index (χ1v) is 7.61. The summed E-state index contributed by atoms with van der Waals surface area (Å²) in [4.78, 5) is 17.9. The van der Waals surface area contributed by atoms with Gasteiger partial charge in [-0.1, -0.05) is 0 Å². The van der Waals surface area contributed by atoms with Gasteiger partial charge in [0.25, 0.3) is 0 Å². The molecule has 1 aromatic heterocycles. The molecule has 1 fully saturated rings. The van der Waals surface area contributed by atoms with Crippen LogP contribution >= 0.6 is 0 Å². The lowest BCUT2D eigenvalue weighted by molar-refractivity contribution is 0.0210. The quantitative estimate of drug-likeness (QED) is 0.930. The minimum atomic E-state index is -0.449. The number of hydrogen-bond acceptors (Lipinski definition) is 5. The number of hydrogen-bond donors (Lipinski definition) is 1. The highest BCUT2D eigenvalue weighted by atomic mass is 16.6. The van der Waals surface area contributed by atoms with Gasteiger partial charge in [-0.15, -0.1) is 0 Å². The Morgan fingerprint density at radius 2 is 2.05 bits per heavy atom. The summed E-state index contributed by atoms with van der Waals surface area (Å²) in [7, 11) is 1.64. The molecule has 6 nitrogen and oxygen atoms in total. The second-order valence-electron chi connectivity index (χ2n) is 6.46. The predicted octanol–water partition coefficient (Wildman–Crippen LogP) is 2.90. The van der Waals surface area contributed by atoms with Crippen LogP contribution in [0.5, 0.6) is 5.75 Å². The van der Waals surface area contributed by atoms with E-state index >= 15 is 0 Å². The average Bonchev–Trinajstić information content (AvgIpc) is 2.47. The molecule has 1 amide bonds. The Labute approximate surface area is 131 Å². The van der Waals surface area contributed by atoms with Crippen molar-refractivity contribution in [2.75, 3.05) is 25.5 Å². The molecule has 1 aromatic rings. The fourth-order valence-corrected chi connectivity index (χ4v) is 2.42. The molecule has 1 N–H and O–H groups in total. The van der Waals surface area contributed by atoms with Gasteiger partial charge in [0.15, 0.2) is 0 Å². The van der Waals surface area contributed by atoms with Crippen LogP contribution in [0.2, 0.25) is 0 Å². The number of nitrogens with one attached hydrogen (secondary N) is 1. The Kier molecular flexibility index (Phi) is 5.11. The van der Waals surface area contributed by atoms with Crippen LogP contribution in [-0.4, -0.2) is 47.8 Å². The smallest absolute Gasteiger partial charge is 0.410 e. The van der Waals surface area contributed by atoms with Crippen LogP contribution in [-0.2, 0) is 4.74 Å². The van der Waals surface area contributed by atoms with E-state index in [1.165, 1.54) is 0 Å². The van der Waals surface area contributed by atoms with Gasteiger partial charge in [-0.3, -0.25) is 4.98 Å². The highest BCUT2D eigenvalue weighted by Crippen LogP contribution is 2.25. The monoisotopic (exact) mass is 307 g/mol. The van der Waals surface area contributed by atoms with Crippen LogP contribution < -0.4 is 10.1 Å². The predicted molar refractivity (Wildman–Crippen MR) is 85.2 cm³/mol. The molecule has 2 rings (SSSR count). The van der Waals surface area contributed by atoms with Gasteiger partial charge in [0.1, 0.15) is 11.4 Å². The molecule has 0 saturated carbocycles. The van der Waals surface area contributed by atoms with Crippen LogP contribution in [0.4, 0.5) is 10.5 Å². The molecular weight excluding hydrogens is 282 g/mol. The van der Waals surface area contributed by atoms with Gasteiger partial charge in [0, 0.05) is 31.4 Å². The Bertz CT molecular complexity index is 506. The number of carbonyl (C=O) groups excluding carboxylic acids is 1. The van der Waals surface area contributed by atoms with Crippen molar-refractivity contribution in [2.24, 2.45) is 0 Å². The Morgan fingerprint density at radius 3 is 2.64 bits per heavy atom. The van der Waals surface area contributed by atoms with Crippen molar-refractivity contribution in [1.29, 1.82) is 0 Å². The number of pyridine rings is 1. The van der Waals surface area contributed by atoms with Gasteiger partial charge in [0.2, 0.25) is 0 Å². The third kappa shape index (κ3) is 4.51. The van der Waals surface area contributed by atoms with Crippen molar-refractivity contribution >= 4 is 11.8 Å². The number of carbonyl (C=O) groups is 1. The number of piperidine rings is 1. The summed E-state index contributed by atoms with van der Waals surface area (Å²) in [5.74, 6) is 0.782. The summed E-state index contributed by atoms with van der Waals surface area (Å²) in [6.45, 7) is 7.03. The van der Waals surface area contributed by atoms with Crippen molar-refractivity contribution in [1.82, 2.24) is 9.88 Å². The summed E-state index contributed by atoms with van der Waals surface area (Å²) >= 11 is 0. The third-order valence-corrected chi connectivity index (χ3v) is 3.51. The largest absolute Gasteiger partial charge is 0.494 e. The van der Waals surface area contributed by atoms with Crippen LogP contribution in [0.3, 0.4) is 0 Å². The van der Waals surface area contributed by atoms with Gasteiger partial charge in [-0.25, -0.2) is 4.79 Å². The number of ether oxygens (including phenoxy) is 2. The van der Waals surface area contributed by atoms with Crippen molar-refractivity contribution < 1.29 is 14.3 Å². The van der Waals surface area contributed by atoms with Crippen LogP contribution in [0.25, 0.3) is 0 Å². The number of nitrogens with zero attached hydrogens (tertiary/aromatic N) is 2. The zero-order valence-corrected chi connectivity index (χ0v) is 13.8. The van der Waals surface area contributed by atoms with E-state index in [-0.39, 0.29) is 6.09 Å². The molecule has 0 aromatic carbocycles. The molecule has 6 heteroatoms. The molecule has 2 heterocycles. The fraction of sp³-hybridized carbons (Fsp3) is 0.625. The summed E-state index contributed by atoms with van der Waals surface area (Å²) in [6.07, 6.45) is 4.98. The van der Waals surface area contributed by atoms with E-state index in [1.807, 2.05) is 26.8 Å². The zero-order valence-electron chi connectivity index (χ0n) is 13.8. The SMILES string of the molecule is COc1ccncc1NC1CCN(C(=O)OC(C)(C)C)CC1. The lowest BCUT2D eigenvalue weighted by Gasteiger charge is -2.34. The van der Waals surface area contributed by atoms with Gasteiger partial charge < -0.3 is 19.7 Å². The maximum absolute atomic E-state index is 12.0. The summed E-state index contributed by atoms with van der Waals surface area (Å²) in [5.41, 5.74) is 0.440. The van der Waals surface area contributed by atoms with Gasteiger partial charge >= 0.3 is 6.09 Å². The molecule has 0 bridgehead atoms. The number of anilines is 1. The van der Waals surface area contributed by atoms with E-state index in [2.05, 4.69) is 10.3 Å². The Morgan fingerprint density at radius 1 is 1.36 bits per heavy atom. The van der Waals surface area contributed by atoms with E-state index < -0.39 is 5.60 Å². The van der Waals surface area contributed by atoms with Crippen LogP contribution in [0.15, 0.2) is 18.5 Å². The number of rotatable bonds is 3. The maximum Gasteiger partial charge on any atom is 0.410 e. The van der Waals surface area contributed by atoms with E-state index in [9.17, 15) is 4.79 Å². The topological polar surface area (TPSA) is 63.7 Å². The van der Waals surface area contributed by atoms with Crippen molar-refractivity contribution in [2.45, 2.75) is 45.3 Å². The summed E-state index contributed by atoms with van der Waals surface area (Å²) in [6, 6.07) is 2.13. The number of likely N-dealkylation sites (tertiary alicyclic amines) is 1. The first-order chi connectivity index (χ1) is 10.4. The molecular formula is C16H25N3O3. The second kappa shape index (κ2) is 6.85. The number of methoxy groups -OCH3 is 1. The number of amides is 1. The standard InChI is InChI=1S/C16H25N3O3/c1-16(2,3)22-15(20)19-9-6-12(7-10-19)18-13-11-17-8-5-14(13)21-4/h5,8,11-12,18H,6-7,9-10H2,1-4H3. The molecule has 1 saturated heterocycles. The molecule has 0 atom stereocenters. The second-order valence-corrected chi connectivity index (χ2v) is 6.46. The fourth-order valence-electron chi connectivity index (χ4n) is 2.42. The normalized spacial score (nSPS) is 16.3. The minimum Gasteiger partial charge on any atom is -0.494 e. The molecule has 0 radical (unpaired) electrons. The summed E-state index contributed by atoms with van der Waals surface area (Å²) in [5, 5.41) is 3.44. The molecule has 0 unspecified atom stereocenters. The molecule has 0 spiro atoms. The minimum absolute atomic E-state index is 0.232. The van der Waals surface area contributed by atoms with E-state index in [1.54, 1.807) is 24.4 Å². The Balaban J connectivity index is 1.86. The van der Waals surface area contributed by atoms with E-state index in [0.29, 0.717) is 19.1 Å². The van der Waals surface area contributed by atoms with Crippen molar-refractivity contribution in [3.05, 3.63) is 18.5 Å². The third-order valence-electron chi connectivity index (χ3n) is 3.51. The average molecular weight is 307 g/mol. The summed E-state index contributed by atoms with van der Waals surface area (Å²) < 4.78 is 10.7. The highest BCUT2D eigenvalue weighted by molar-refractivity contribution is 5.68. The van der Waals surface area contributed by atoms with Gasteiger partial charge in [0.05, 0.1) is 19.0 Å². The number of aromatic nitrogens is 1. The molecule has 22 heavy (non-hydrogen) atoms. The maximum atomic E-state index is 12.0. The van der Waals surface area contributed by atoms with Gasteiger partial charge in [-0.2, -0.15) is 0 Å². The first-order valence-electron chi connectivity index (χ1n) is 7.61. The van der Waals surface area contributed by atoms with E-state index in [0.717, 1.165) is 24.3 Å². The van der Waals surface area contributed by atoms with Crippen molar-refractivity contribution in [3.63, 3.8) is 0 Å². The zero-order chi connectivity index (χ0) is 16.2. The molecule has 0 aliphatic carbocycles. The van der Waals surface area contributed by atoms with Crippen molar-refractivity contribution in [3.8, 4) is 5.75 Å². The van der Waals surface area contributed by atoms with Crippen LogP contribution in [0.1, 0.15) is 33.6 Å². The lowest BCUT2D eigenvalue weighted by atomic mass is 10.1. The molecule has 122 valence electrons.